The van der Waals surface area contributed by atoms with E-state index in [-0.39, 0.29) is 0 Å². The zero-order valence-corrected chi connectivity index (χ0v) is 7.02. The Hall–Kier alpha value is -0.980. The van der Waals surface area contributed by atoms with Gasteiger partial charge in [-0.05, 0) is 30.4 Å². The maximum atomic E-state index is 3.31. The molecule has 1 aromatic heterocycles. The highest BCUT2D eigenvalue weighted by atomic mass is 14.7. The molecule has 0 fully saturated rings. The molecule has 0 aliphatic heterocycles. The highest BCUT2D eigenvalue weighted by Crippen LogP contribution is 2.23. The Morgan fingerprint density at radius 3 is 3.18 bits per heavy atom. The van der Waals surface area contributed by atoms with Gasteiger partial charge in [0.05, 0.1) is 0 Å². The number of hydrogen-bond donors (Lipinski definition) is 1. The third-order valence-electron chi connectivity index (χ3n) is 2.33. The van der Waals surface area contributed by atoms with Gasteiger partial charge in [-0.2, -0.15) is 0 Å². The van der Waals surface area contributed by atoms with Crippen LogP contribution in [-0.4, -0.2) is 4.98 Å². The minimum atomic E-state index is 0.695. The quantitative estimate of drug-likeness (QED) is 0.580. The van der Waals surface area contributed by atoms with Crippen molar-refractivity contribution in [2.45, 2.75) is 20.3 Å². The van der Waals surface area contributed by atoms with Gasteiger partial charge in [-0.1, -0.05) is 19.1 Å². The summed E-state index contributed by atoms with van der Waals surface area (Å²) in [5.74, 6) is 0.695. The lowest BCUT2D eigenvalue weighted by Gasteiger charge is -2.11. The van der Waals surface area contributed by atoms with Crippen LogP contribution in [0, 0.1) is 12.8 Å². The number of nitrogens with one attached hydrogen (secondary N) is 1. The van der Waals surface area contributed by atoms with Crippen LogP contribution in [0.5, 0.6) is 0 Å². The van der Waals surface area contributed by atoms with Crippen LogP contribution in [0.1, 0.15) is 23.7 Å². The van der Waals surface area contributed by atoms with Crippen molar-refractivity contribution < 1.29 is 0 Å². The van der Waals surface area contributed by atoms with Crippen LogP contribution >= 0.6 is 0 Å². The lowest BCUT2D eigenvalue weighted by molar-refractivity contribution is 0.704. The maximum absolute atomic E-state index is 3.31. The van der Waals surface area contributed by atoms with Crippen molar-refractivity contribution in [3.8, 4) is 0 Å². The minimum absolute atomic E-state index is 0.695. The number of aryl methyl sites for hydroxylation is 1. The summed E-state index contributed by atoms with van der Waals surface area (Å²) in [5, 5.41) is 0. The van der Waals surface area contributed by atoms with Crippen LogP contribution in [0.4, 0.5) is 0 Å². The molecule has 1 aliphatic rings. The first-order valence-corrected chi connectivity index (χ1v) is 4.12. The summed E-state index contributed by atoms with van der Waals surface area (Å²) in [6, 6.07) is 0. The van der Waals surface area contributed by atoms with E-state index in [9.17, 15) is 0 Å². The molecule has 0 bridgehead atoms. The molecule has 0 saturated carbocycles. The topological polar surface area (TPSA) is 15.8 Å². The van der Waals surface area contributed by atoms with E-state index in [0.717, 1.165) is 0 Å². The number of aromatic amines is 1. The highest BCUT2D eigenvalue weighted by Gasteiger charge is 2.12. The molecule has 1 N–H and O–H groups in total. The zero-order valence-electron chi connectivity index (χ0n) is 7.02. The van der Waals surface area contributed by atoms with Gasteiger partial charge in [0.2, 0.25) is 0 Å². The largest absolute Gasteiger partial charge is 0.364 e. The molecule has 1 nitrogen and oxygen atoms in total. The molecular weight excluding hydrogens is 134 g/mol. The van der Waals surface area contributed by atoms with Gasteiger partial charge >= 0.3 is 0 Å². The SMILES string of the molecule is Cc1c[nH]c2c1C=CC(C)C2. The standard InChI is InChI=1S/C10H13N/c1-7-3-4-9-8(2)6-11-10(9)5-7/h3-4,6-7,11H,5H2,1-2H3. The lowest BCUT2D eigenvalue weighted by atomic mass is 9.95. The average Bonchev–Trinajstić information content (AvgIpc) is 2.32. The Labute approximate surface area is 67.1 Å². The fraction of sp³-hybridized carbons (Fsp3) is 0.400. The fourth-order valence-corrected chi connectivity index (χ4v) is 1.64. The van der Waals surface area contributed by atoms with Gasteiger partial charge < -0.3 is 4.98 Å². The number of fused-ring (bicyclic) bond motifs is 1. The Kier molecular flexibility index (Phi) is 1.38. The molecule has 0 radical (unpaired) electrons. The van der Waals surface area contributed by atoms with Crippen molar-refractivity contribution in [2.75, 3.05) is 0 Å². The van der Waals surface area contributed by atoms with Crippen LogP contribution in [0.2, 0.25) is 0 Å². The molecule has 0 saturated heterocycles. The van der Waals surface area contributed by atoms with E-state index in [1.165, 1.54) is 23.2 Å². The van der Waals surface area contributed by atoms with E-state index >= 15 is 0 Å². The first kappa shape index (κ1) is 6.71. The monoisotopic (exact) mass is 147 g/mol. The Balaban J connectivity index is 2.48. The number of H-pyrrole nitrogens is 1. The molecule has 2 rings (SSSR count). The summed E-state index contributed by atoms with van der Waals surface area (Å²) in [6.45, 7) is 4.39. The summed E-state index contributed by atoms with van der Waals surface area (Å²) in [6.07, 6.45) is 7.77. The van der Waals surface area contributed by atoms with E-state index in [2.05, 4.69) is 37.2 Å². The third-order valence-corrected chi connectivity index (χ3v) is 2.33. The van der Waals surface area contributed by atoms with Gasteiger partial charge in [-0.25, -0.2) is 0 Å². The van der Waals surface area contributed by atoms with E-state index < -0.39 is 0 Å². The first-order chi connectivity index (χ1) is 5.27. The second-order valence-electron chi connectivity index (χ2n) is 3.40. The van der Waals surface area contributed by atoms with Crippen LogP contribution in [0.25, 0.3) is 6.08 Å². The molecule has 58 valence electrons. The van der Waals surface area contributed by atoms with Gasteiger partial charge in [0.25, 0.3) is 0 Å². The van der Waals surface area contributed by atoms with Crippen LogP contribution in [-0.2, 0) is 6.42 Å². The maximum Gasteiger partial charge on any atom is 0.0229 e. The Morgan fingerprint density at radius 1 is 1.55 bits per heavy atom. The molecule has 1 atom stereocenters. The first-order valence-electron chi connectivity index (χ1n) is 4.12. The van der Waals surface area contributed by atoms with E-state index in [1.54, 1.807) is 0 Å². The van der Waals surface area contributed by atoms with Crippen molar-refractivity contribution in [1.29, 1.82) is 0 Å². The van der Waals surface area contributed by atoms with Crippen molar-refractivity contribution in [2.24, 2.45) is 5.92 Å². The molecule has 0 spiro atoms. The molecule has 11 heavy (non-hydrogen) atoms. The molecular formula is C10H13N. The fourth-order valence-electron chi connectivity index (χ4n) is 1.64. The molecule has 0 amide bonds. The van der Waals surface area contributed by atoms with Crippen molar-refractivity contribution in [3.05, 3.63) is 29.1 Å². The second kappa shape index (κ2) is 2.26. The van der Waals surface area contributed by atoms with Gasteiger partial charge in [0, 0.05) is 11.9 Å². The minimum Gasteiger partial charge on any atom is -0.364 e. The number of aromatic nitrogens is 1. The highest BCUT2D eigenvalue weighted by molar-refractivity contribution is 5.58. The summed E-state index contributed by atoms with van der Waals surface area (Å²) in [4.78, 5) is 3.31. The smallest absolute Gasteiger partial charge is 0.0229 e. The molecule has 1 aromatic rings. The third kappa shape index (κ3) is 1.01. The van der Waals surface area contributed by atoms with Crippen LogP contribution in [0.3, 0.4) is 0 Å². The molecule has 1 heterocycles. The Bertz CT molecular complexity index is 294. The molecule has 0 aromatic carbocycles. The number of rotatable bonds is 0. The van der Waals surface area contributed by atoms with Crippen molar-refractivity contribution in [3.63, 3.8) is 0 Å². The average molecular weight is 147 g/mol. The van der Waals surface area contributed by atoms with Gasteiger partial charge in [0.15, 0.2) is 0 Å². The predicted octanol–water partition coefficient (Wildman–Crippen LogP) is 2.53. The molecule has 1 aliphatic carbocycles. The van der Waals surface area contributed by atoms with E-state index in [4.69, 9.17) is 0 Å². The summed E-state index contributed by atoms with van der Waals surface area (Å²) in [7, 11) is 0. The van der Waals surface area contributed by atoms with E-state index in [0.29, 0.717) is 5.92 Å². The number of hydrogen-bond acceptors (Lipinski definition) is 0. The molecule has 1 unspecified atom stereocenters. The summed E-state index contributed by atoms with van der Waals surface area (Å²) < 4.78 is 0. The van der Waals surface area contributed by atoms with Crippen LogP contribution in [0.15, 0.2) is 12.3 Å². The molecule has 1 heteroatoms. The van der Waals surface area contributed by atoms with Gasteiger partial charge in [0.1, 0.15) is 0 Å². The van der Waals surface area contributed by atoms with Crippen LogP contribution < -0.4 is 0 Å². The summed E-state index contributed by atoms with van der Waals surface area (Å²) >= 11 is 0. The number of allylic oxidation sites excluding steroid dienone is 1. The van der Waals surface area contributed by atoms with Crippen molar-refractivity contribution in [1.82, 2.24) is 4.98 Å². The van der Waals surface area contributed by atoms with Gasteiger partial charge in [-0.3, -0.25) is 0 Å². The predicted molar refractivity (Wildman–Crippen MR) is 47.4 cm³/mol. The van der Waals surface area contributed by atoms with E-state index in [1.807, 2.05) is 0 Å². The lowest BCUT2D eigenvalue weighted by Crippen LogP contribution is -2.02. The zero-order chi connectivity index (χ0) is 7.84. The summed E-state index contributed by atoms with van der Waals surface area (Å²) in [5.41, 5.74) is 4.17. The van der Waals surface area contributed by atoms with Gasteiger partial charge in [-0.15, -0.1) is 0 Å². The van der Waals surface area contributed by atoms with Crippen molar-refractivity contribution >= 4 is 6.08 Å². The Morgan fingerprint density at radius 2 is 2.36 bits per heavy atom. The second-order valence-corrected chi connectivity index (χ2v) is 3.40. The normalized spacial score (nSPS) is 21.8.